The fourth-order valence-corrected chi connectivity index (χ4v) is 5.62. The minimum absolute atomic E-state index is 0.0593. The highest BCUT2D eigenvalue weighted by Crippen LogP contribution is 2.49. The molecule has 1 N–H and O–H groups in total. The van der Waals surface area contributed by atoms with Crippen LogP contribution in [0, 0.1) is 17.8 Å². The molecule has 6 atom stereocenters. The number of ether oxygens (including phenoxy) is 1. The van der Waals surface area contributed by atoms with Crippen molar-refractivity contribution in [1.29, 1.82) is 0 Å². The molecule has 24 heavy (non-hydrogen) atoms. The Morgan fingerprint density at radius 2 is 1.92 bits per heavy atom. The first-order valence-corrected chi connectivity index (χ1v) is 10.0. The lowest BCUT2D eigenvalue weighted by Gasteiger charge is -2.45. The van der Waals surface area contributed by atoms with Gasteiger partial charge in [0, 0.05) is 23.6 Å². The number of cyclic esters (lactones) is 1. The number of fused-ring (bicyclic) bond motifs is 1. The van der Waals surface area contributed by atoms with Gasteiger partial charge in [-0.15, -0.1) is 0 Å². The van der Waals surface area contributed by atoms with Gasteiger partial charge in [0.05, 0.1) is 0 Å². The monoisotopic (exact) mass is 329 g/mol. The fraction of sp³-hybridized carbons (Fsp3) is 0.762. The molecule has 132 valence electrons. The summed E-state index contributed by atoms with van der Waals surface area (Å²) in [5, 5.41) is 3.81. The van der Waals surface area contributed by atoms with Gasteiger partial charge in [-0.3, -0.25) is 0 Å². The first-order valence-electron chi connectivity index (χ1n) is 10.0. The maximum absolute atomic E-state index is 12.5. The van der Waals surface area contributed by atoms with Crippen LogP contribution in [0.25, 0.3) is 0 Å². The summed E-state index contributed by atoms with van der Waals surface area (Å²) in [5.41, 5.74) is 2.47. The molecule has 0 spiro atoms. The van der Waals surface area contributed by atoms with Crippen LogP contribution in [0.2, 0.25) is 0 Å². The lowest BCUT2D eigenvalue weighted by atomic mass is 9.61. The molecule has 4 aliphatic rings. The topological polar surface area (TPSA) is 38.3 Å². The Labute approximate surface area is 145 Å². The number of carbonyl (C=O) groups is 1. The summed E-state index contributed by atoms with van der Waals surface area (Å²) in [6.07, 6.45) is 14.8. The largest absolute Gasteiger partial charge is 0.455 e. The summed E-state index contributed by atoms with van der Waals surface area (Å²) in [6.45, 7) is 4.27. The van der Waals surface area contributed by atoms with Gasteiger partial charge in [-0.25, -0.2) is 4.79 Å². The Bertz CT molecular complexity index is 564. The van der Waals surface area contributed by atoms with Crippen LogP contribution in [0.15, 0.2) is 23.3 Å². The smallest absolute Gasteiger partial charge is 0.335 e. The van der Waals surface area contributed by atoms with Crippen LogP contribution in [0.5, 0.6) is 0 Å². The Balaban J connectivity index is 1.68. The zero-order chi connectivity index (χ0) is 16.7. The molecule has 4 rings (SSSR count). The first kappa shape index (κ1) is 16.4. The molecule has 0 aromatic carbocycles. The Morgan fingerprint density at radius 3 is 2.67 bits per heavy atom. The van der Waals surface area contributed by atoms with E-state index in [2.05, 4.69) is 24.4 Å². The molecule has 0 aromatic rings. The van der Waals surface area contributed by atoms with E-state index in [1.54, 1.807) is 0 Å². The predicted octanol–water partition coefficient (Wildman–Crippen LogP) is 4.14. The van der Waals surface area contributed by atoms with E-state index in [4.69, 9.17) is 4.74 Å². The summed E-state index contributed by atoms with van der Waals surface area (Å²) >= 11 is 0. The van der Waals surface area contributed by atoms with Crippen molar-refractivity contribution in [3.8, 4) is 0 Å². The van der Waals surface area contributed by atoms with Crippen molar-refractivity contribution < 1.29 is 9.53 Å². The molecule has 0 radical (unpaired) electrons. The second kappa shape index (κ2) is 6.67. The summed E-state index contributed by atoms with van der Waals surface area (Å²) < 4.78 is 5.48. The van der Waals surface area contributed by atoms with Crippen LogP contribution in [0.3, 0.4) is 0 Å². The zero-order valence-electron chi connectivity index (χ0n) is 15.1. The molecule has 3 heteroatoms. The molecule has 1 saturated heterocycles. The van der Waals surface area contributed by atoms with E-state index >= 15 is 0 Å². The second-order valence-corrected chi connectivity index (χ2v) is 8.41. The maximum atomic E-state index is 12.5. The van der Waals surface area contributed by atoms with E-state index in [0.29, 0.717) is 23.9 Å². The van der Waals surface area contributed by atoms with Crippen molar-refractivity contribution in [2.75, 3.05) is 0 Å². The van der Waals surface area contributed by atoms with Crippen molar-refractivity contribution in [3.63, 3.8) is 0 Å². The number of hydrogen-bond donors (Lipinski definition) is 1. The molecule has 2 fully saturated rings. The van der Waals surface area contributed by atoms with Crippen molar-refractivity contribution in [1.82, 2.24) is 5.32 Å². The quantitative estimate of drug-likeness (QED) is 0.611. The number of carbonyl (C=O) groups excluding carboxylic acids is 1. The van der Waals surface area contributed by atoms with Crippen LogP contribution < -0.4 is 5.32 Å². The first-order chi connectivity index (χ1) is 11.6. The van der Waals surface area contributed by atoms with E-state index in [0.717, 1.165) is 11.5 Å². The van der Waals surface area contributed by atoms with Gasteiger partial charge in [-0.2, -0.15) is 0 Å². The summed E-state index contributed by atoms with van der Waals surface area (Å²) in [5.74, 6) is 1.64. The molecule has 2 aliphatic carbocycles. The predicted molar refractivity (Wildman–Crippen MR) is 95.5 cm³/mol. The molecule has 2 aliphatic heterocycles. The van der Waals surface area contributed by atoms with Gasteiger partial charge in [-0.05, 0) is 69.4 Å². The third kappa shape index (κ3) is 2.96. The molecule has 1 saturated carbocycles. The molecule has 3 nitrogen and oxygen atoms in total. The third-order valence-electron chi connectivity index (χ3n) is 6.71. The van der Waals surface area contributed by atoms with Gasteiger partial charge in [0.25, 0.3) is 0 Å². The zero-order valence-corrected chi connectivity index (χ0v) is 15.1. The van der Waals surface area contributed by atoms with Gasteiger partial charge < -0.3 is 10.1 Å². The molecule has 0 aromatic heterocycles. The molecule has 0 amide bonds. The lowest BCUT2D eigenvalue weighted by Crippen LogP contribution is -2.46. The summed E-state index contributed by atoms with van der Waals surface area (Å²) in [6, 6.07) is 1.03. The summed E-state index contributed by atoms with van der Waals surface area (Å²) in [4.78, 5) is 12.5. The Kier molecular flexibility index (Phi) is 4.55. The number of nitrogens with one attached hydrogen (secondary N) is 1. The number of esters is 1. The average Bonchev–Trinajstić information content (AvgIpc) is 2.92. The highest BCUT2D eigenvalue weighted by molar-refractivity contribution is 5.92. The van der Waals surface area contributed by atoms with E-state index in [1.165, 1.54) is 56.9 Å². The number of piperidine rings is 1. The van der Waals surface area contributed by atoms with E-state index < -0.39 is 0 Å². The van der Waals surface area contributed by atoms with Crippen molar-refractivity contribution in [3.05, 3.63) is 23.3 Å². The molecular formula is C21H31NO2. The van der Waals surface area contributed by atoms with Gasteiger partial charge in [0.1, 0.15) is 6.10 Å². The molecule has 0 unspecified atom stereocenters. The van der Waals surface area contributed by atoms with E-state index in [1.807, 2.05) is 6.92 Å². The van der Waals surface area contributed by atoms with Crippen LogP contribution in [-0.4, -0.2) is 24.2 Å². The number of allylic oxidation sites excluding steroid dienone is 1. The van der Waals surface area contributed by atoms with Crippen molar-refractivity contribution in [2.45, 2.75) is 83.4 Å². The minimum atomic E-state index is -0.0616. The van der Waals surface area contributed by atoms with E-state index in [-0.39, 0.29) is 12.1 Å². The SMILES string of the molecule is C[C@H]1CCC[C@@H](C2=CC[C@@H]3CCCC[C@H]3[C@@H]2C2=C[C@H](C)OC2=O)N1. The van der Waals surface area contributed by atoms with Crippen LogP contribution >= 0.6 is 0 Å². The third-order valence-corrected chi connectivity index (χ3v) is 6.71. The second-order valence-electron chi connectivity index (χ2n) is 8.41. The minimum Gasteiger partial charge on any atom is -0.455 e. The van der Waals surface area contributed by atoms with Crippen LogP contribution in [0.1, 0.15) is 65.2 Å². The number of rotatable bonds is 2. The molecular weight excluding hydrogens is 298 g/mol. The fourth-order valence-electron chi connectivity index (χ4n) is 5.62. The van der Waals surface area contributed by atoms with Gasteiger partial charge >= 0.3 is 5.97 Å². The average molecular weight is 329 g/mol. The van der Waals surface area contributed by atoms with E-state index in [9.17, 15) is 4.79 Å². The lowest BCUT2D eigenvalue weighted by molar-refractivity contribution is -0.139. The molecule has 0 bridgehead atoms. The Hall–Kier alpha value is -1.09. The van der Waals surface area contributed by atoms with Crippen LogP contribution in [-0.2, 0) is 9.53 Å². The summed E-state index contributed by atoms with van der Waals surface area (Å²) in [7, 11) is 0. The number of hydrogen-bond acceptors (Lipinski definition) is 3. The van der Waals surface area contributed by atoms with Gasteiger partial charge in [0.2, 0.25) is 0 Å². The standard InChI is InChI=1S/C21H31NO2/c1-13-6-5-9-19(22-13)17-11-10-15-7-3-4-8-16(15)20(17)18-12-14(2)24-21(18)23/h11-16,19-20,22H,3-10H2,1-2H3/t13-,14-,15-,16+,19-,20-/m0/s1. The van der Waals surface area contributed by atoms with Gasteiger partial charge in [0.15, 0.2) is 0 Å². The highest BCUT2D eigenvalue weighted by Gasteiger charge is 2.44. The van der Waals surface area contributed by atoms with Crippen molar-refractivity contribution >= 4 is 5.97 Å². The van der Waals surface area contributed by atoms with Crippen molar-refractivity contribution in [2.24, 2.45) is 17.8 Å². The highest BCUT2D eigenvalue weighted by atomic mass is 16.5. The normalized spacial score (nSPS) is 42.8. The van der Waals surface area contributed by atoms with Crippen LogP contribution in [0.4, 0.5) is 0 Å². The molecule has 2 heterocycles. The Morgan fingerprint density at radius 1 is 1.08 bits per heavy atom. The maximum Gasteiger partial charge on any atom is 0.335 e. The van der Waals surface area contributed by atoms with Gasteiger partial charge in [-0.1, -0.05) is 25.3 Å².